The summed E-state index contributed by atoms with van der Waals surface area (Å²) in [6.07, 6.45) is 1.84. The SMILES string of the molecule is CC(C)(C)[Si](C)(C)Oc1cccc(-c2ccc(C=Nc3ccc(C#N)cc3)cc2)c1. The summed E-state index contributed by atoms with van der Waals surface area (Å²) in [5, 5.41) is 9.04. The smallest absolute Gasteiger partial charge is 0.250 e. The molecule has 0 amide bonds. The summed E-state index contributed by atoms with van der Waals surface area (Å²) < 4.78 is 6.45. The molecule has 0 aromatic heterocycles. The Morgan fingerprint density at radius 2 is 1.57 bits per heavy atom. The molecule has 0 saturated heterocycles. The molecule has 0 bridgehead atoms. The van der Waals surface area contributed by atoms with Crippen LogP contribution in [0.5, 0.6) is 5.75 Å². The van der Waals surface area contributed by atoms with Crippen molar-refractivity contribution in [3.05, 3.63) is 83.9 Å². The van der Waals surface area contributed by atoms with Crippen LogP contribution in [0.15, 0.2) is 77.8 Å². The largest absolute Gasteiger partial charge is 0.543 e. The van der Waals surface area contributed by atoms with Gasteiger partial charge < -0.3 is 4.43 Å². The maximum absolute atomic E-state index is 8.87. The van der Waals surface area contributed by atoms with E-state index in [1.54, 1.807) is 12.1 Å². The van der Waals surface area contributed by atoms with Gasteiger partial charge in [-0.15, -0.1) is 0 Å². The third-order valence-corrected chi connectivity index (χ3v) is 9.97. The van der Waals surface area contributed by atoms with Crippen molar-refractivity contribution in [2.45, 2.75) is 38.9 Å². The van der Waals surface area contributed by atoms with Gasteiger partial charge in [0.15, 0.2) is 0 Å². The van der Waals surface area contributed by atoms with E-state index >= 15 is 0 Å². The standard InChI is InChI=1S/C26H28N2OSi/c1-26(2,3)30(4,5)29-25-8-6-7-23(17-25)22-13-9-21(10-14-22)19-28-24-15-11-20(18-27)12-16-24/h6-17,19H,1-5H3. The number of nitrogens with zero attached hydrogens (tertiary/aromatic N) is 2. The topological polar surface area (TPSA) is 45.4 Å². The average molecular weight is 413 g/mol. The lowest BCUT2D eigenvalue weighted by molar-refractivity contribution is 0.492. The Morgan fingerprint density at radius 1 is 0.900 bits per heavy atom. The van der Waals surface area contributed by atoms with E-state index in [0.717, 1.165) is 28.1 Å². The van der Waals surface area contributed by atoms with Gasteiger partial charge in [0.25, 0.3) is 0 Å². The minimum atomic E-state index is -1.86. The Labute approximate surface area is 180 Å². The minimum Gasteiger partial charge on any atom is -0.543 e. The summed E-state index contributed by atoms with van der Waals surface area (Å²) in [7, 11) is -1.86. The van der Waals surface area contributed by atoms with Crippen molar-refractivity contribution in [2.24, 2.45) is 4.99 Å². The summed E-state index contributed by atoms with van der Waals surface area (Å²) in [5.41, 5.74) is 4.77. The molecule has 3 aromatic rings. The summed E-state index contributed by atoms with van der Waals surface area (Å²) in [6, 6.07) is 26.0. The fourth-order valence-electron chi connectivity index (χ4n) is 2.72. The molecule has 152 valence electrons. The quantitative estimate of drug-likeness (QED) is 0.324. The second-order valence-corrected chi connectivity index (χ2v) is 13.7. The molecular weight excluding hydrogens is 384 g/mol. The molecule has 0 saturated carbocycles. The van der Waals surface area contributed by atoms with Crippen molar-refractivity contribution >= 4 is 20.2 Å². The number of hydrogen-bond acceptors (Lipinski definition) is 3. The first-order chi connectivity index (χ1) is 14.2. The van der Waals surface area contributed by atoms with Crippen LogP contribution in [-0.2, 0) is 0 Å². The second-order valence-electron chi connectivity index (χ2n) is 8.93. The third kappa shape index (κ3) is 5.25. The molecule has 0 aliphatic carbocycles. The second kappa shape index (κ2) is 8.69. The van der Waals surface area contributed by atoms with Crippen molar-refractivity contribution in [3.63, 3.8) is 0 Å². The molecule has 0 spiro atoms. The number of aliphatic imine (C=N–C) groups is 1. The fraction of sp³-hybridized carbons (Fsp3) is 0.231. The number of nitriles is 1. The molecule has 0 aliphatic rings. The maximum Gasteiger partial charge on any atom is 0.250 e. The average Bonchev–Trinajstić information content (AvgIpc) is 2.72. The van der Waals surface area contributed by atoms with Crippen molar-refractivity contribution < 1.29 is 4.43 Å². The van der Waals surface area contributed by atoms with Crippen molar-refractivity contribution in [1.29, 1.82) is 5.26 Å². The van der Waals surface area contributed by atoms with Crippen LogP contribution < -0.4 is 4.43 Å². The van der Waals surface area contributed by atoms with Crippen LogP contribution >= 0.6 is 0 Å². The lowest BCUT2D eigenvalue weighted by Crippen LogP contribution is -2.43. The van der Waals surface area contributed by atoms with E-state index in [1.807, 2.05) is 24.4 Å². The Bertz CT molecular complexity index is 1070. The summed E-state index contributed by atoms with van der Waals surface area (Å²) in [4.78, 5) is 4.48. The molecule has 0 heterocycles. The van der Waals surface area contributed by atoms with Gasteiger partial charge in [0, 0.05) is 6.21 Å². The van der Waals surface area contributed by atoms with Gasteiger partial charge in [-0.3, -0.25) is 4.99 Å². The molecule has 30 heavy (non-hydrogen) atoms. The van der Waals surface area contributed by atoms with Crippen molar-refractivity contribution in [2.75, 3.05) is 0 Å². The first kappa shape index (κ1) is 21.5. The molecule has 3 nitrogen and oxygen atoms in total. The molecule has 0 atom stereocenters. The van der Waals surface area contributed by atoms with E-state index < -0.39 is 8.32 Å². The molecule has 3 rings (SSSR count). The zero-order valence-electron chi connectivity index (χ0n) is 18.3. The van der Waals surface area contributed by atoms with E-state index in [9.17, 15) is 0 Å². The molecule has 0 radical (unpaired) electrons. The minimum absolute atomic E-state index is 0.166. The Kier molecular flexibility index (Phi) is 6.24. The van der Waals surface area contributed by atoms with E-state index in [1.165, 1.54) is 0 Å². The molecule has 3 aromatic carbocycles. The fourth-order valence-corrected chi connectivity index (χ4v) is 3.74. The van der Waals surface area contributed by atoms with Gasteiger partial charge in [0.2, 0.25) is 8.32 Å². The van der Waals surface area contributed by atoms with Crippen LogP contribution in [-0.4, -0.2) is 14.5 Å². The summed E-state index contributed by atoms with van der Waals surface area (Å²) in [5.74, 6) is 0.936. The summed E-state index contributed by atoms with van der Waals surface area (Å²) in [6.45, 7) is 11.3. The summed E-state index contributed by atoms with van der Waals surface area (Å²) >= 11 is 0. The zero-order chi connectivity index (χ0) is 21.8. The molecule has 4 heteroatoms. The molecule has 0 aliphatic heterocycles. The maximum atomic E-state index is 8.87. The zero-order valence-corrected chi connectivity index (χ0v) is 19.3. The van der Waals surface area contributed by atoms with Gasteiger partial charge in [-0.05, 0) is 71.2 Å². The van der Waals surface area contributed by atoms with Gasteiger partial charge in [-0.1, -0.05) is 57.2 Å². The van der Waals surface area contributed by atoms with Gasteiger partial charge in [0.1, 0.15) is 5.75 Å². The van der Waals surface area contributed by atoms with Crippen LogP contribution in [0, 0.1) is 11.3 Å². The van der Waals surface area contributed by atoms with Crippen LogP contribution in [0.25, 0.3) is 11.1 Å². The van der Waals surface area contributed by atoms with Crippen LogP contribution in [0.2, 0.25) is 18.1 Å². The number of hydrogen-bond donors (Lipinski definition) is 0. The Balaban J connectivity index is 1.74. The van der Waals surface area contributed by atoms with Crippen molar-refractivity contribution in [1.82, 2.24) is 0 Å². The highest BCUT2D eigenvalue weighted by Crippen LogP contribution is 2.38. The van der Waals surface area contributed by atoms with Gasteiger partial charge in [-0.2, -0.15) is 5.26 Å². The van der Waals surface area contributed by atoms with E-state index in [-0.39, 0.29) is 5.04 Å². The number of rotatable bonds is 5. The Hall–Kier alpha value is -3.16. The van der Waals surface area contributed by atoms with Crippen molar-refractivity contribution in [3.8, 4) is 22.9 Å². The number of benzene rings is 3. The Morgan fingerprint density at radius 3 is 2.17 bits per heavy atom. The van der Waals surface area contributed by atoms with E-state index in [0.29, 0.717) is 5.56 Å². The molecule has 0 N–H and O–H groups in total. The normalized spacial score (nSPS) is 12.0. The lowest BCUT2D eigenvalue weighted by Gasteiger charge is -2.36. The van der Waals surface area contributed by atoms with Gasteiger partial charge in [-0.25, -0.2) is 0 Å². The van der Waals surface area contributed by atoms with Crippen LogP contribution in [0.1, 0.15) is 31.9 Å². The van der Waals surface area contributed by atoms with Crippen LogP contribution in [0.3, 0.4) is 0 Å². The first-order valence-electron chi connectivity index (χ1n) is 10.1. The first-order valence-corrected chi connectivity index (χ1v) is 13.0. The molecular formula is C26H28N2OSi. The molecule has 0 unspecified atom stereocenters. The van der Waals surface area contributed by atoms with E-state index in [4.69, 9.17) is 9.69 Å². The third-order valence-electron chi connectivity index (χ3n) is 5.62. The monoisotopic (exact) mass is 412 g/mol. The highest BCUT2D eigenvalue weighted by molar-refractivity contribution is 6.74. The highest BCUT2D eigenvalue weighted by Gasteiger charge is 2.38. The highest BCUT2D eigenvalue weighted by atomic mass is 28.4. The lowest BCUT2D eigenvalue weighted by atomic mass is 10.0. The predicted octanol–water partition coefficient (Wildman–Crippen LogP) is 7.36. The van der Waals surface area contributed by atoms with Gasteiger partial charge >= 0.3 is 0 Å². The predicted molar refractivity (Wildman–Crippen MR) is 128 cm³/mol. The molecule has 0 fully saturated rings. The van der Waals surface area contributed by atoms with E-state index in [2.05, 4.69) is 87.4 Å². The van der Waals surface area contributed by atoms with Gasteiger partial charge in [0.05, 0.1) is 17.3 Å². The van der Waals surface area contributed by atoms with Crippen LogP contribution in [0.4, 0.5) is 5.69 Å².